The standard InChI is InChI=1S/C28H47N3O6/c1-19(2)27(34)20-6-8-22(9-7-20)30-25(32)5-4-15-36-23-10-12-24(13-11-23)37-16-14-29-28(35)21-17-26(33)31(3)18-21/h19-24H,4-18H2,1-3H3,(H,29,35)(H,30,32)/t20?,21-,22?,23?,24?/m0/s1. The summed E-state index contributed by atoms with van der Waals surface area (Å²) >= 11 is 0. The minimum Gasteiger partial charge on any atom is -0.378 e. The molecule has 0 aromatic rings. The van der Waals surface area contributed by atoms with Crippen LogP contribution in [0.2, 0.25) is 0 Å². The van der Waals surface area contributed by atoms with Crippen LogP contribution in [0.5, 0.6) is 0 Å². The summed E-state index contributed by atoms with van der Waals surface area (Å²) in [7, 11) is 1.72. The lowest BCUT2D eigenvalue weighted by molar-refractivity contribution is -0.128. The van der Waals surface area contributed by atoms with Gasteiger partial charge < -0.3 is 25.0 Å². The van der Waals surface area contributed by atoms with Gasteiger partial charge in [0.2, 0.25) is 17.7 Å². The summed E-state index contributed by atoms with van der Waals surface area (Å²) in [5, 5.41) is 6.02. The van der Waals surface area contributed by atoms with Crippen LogP contribution in [0.1, 0.15) is 84.5 Å². The molecule has 1 saturated heterocycles. The summed E-state index contributed by atoms with van der Waals surface area (Å²) in [5.74, 6) is 0.400. The molecule has 9 nitrogen and oxygen atoms in total. The van der Waals surface area contributed by atoms with Gasteiger partial charge in [-0.05, 0) is 57.8 Å². The van der Waals surface area contributed by atoms with E-state index < -0.39 is 0 Å². The minimum atomic E-state index is -0.252. The number of ketones is 1. The Morgan fingerprint density at radius 1 is 0.919 bits per heavy atom. The van der Waals surface area contributed by atoms with Gasteiger partial charge in [-0.15, -0.1) is 0 Å². The van der Waals surface area contributed by atoms with E-state index in [1.54, 1.807) is 11.9 Å². The second-order valence-corrected chi connectivity index (χ2v) is 11.4. The summed E-state index contributed by atoms with van der Waals surface area (Å²) in [5.41, 5.74) is 0. The molecular formula is C28H47N3O6. The Hall–Kier alpha value is -2.00. The first kappa shape index (κ1) is 29.6. The molecule has 1 heterocycles. The van der Waals surface area contributed by atoms with Crippen molar-refractivity contribution < 1.29 is 28.7 Å². The molecule has 2 aliphatic carbocycles. The molecule has 1 aliphatic heterocycles. The van der Waals surface area contributed by atoms with Gasteiger partial charge in [-0.1, -0.05) is 13.8 Å². The number of nitrogens with one attached hydrogen (secondary N) is 2. The molecule has 37 heavy (non-hydrogen) atoms. The molecular weight excluding hydrogens is 474 g/mol. The van der Waals surface area contributed by atoms with E-state index in [-0.39, 0.29) is 53.7 Å². The maximum absolute atomic E-state index is 12.3. The third-order valence-corrected chi connectivity index (χ3v) is 8.05. The third kappa shape index (κ3) is 9.67. The van der Waals surface area contributed by atoms with E-state index in [0.29, 0.717) is 51.3 Å². The largest absolute Gasteiger partial charge is 0.378 e. The van der Waals surface area contributed by atoms with Gasteiger partial charge in [0.05, 0.1) is 24.7 Å². The molecule has 0 spiro atoms. The fraction of sp³-hybridized carbons (Fsp3) is 0.857. The lowest BCUT2D eigenvalue weighted by Crippen LogP contribution is -2.39. The number of rotatable bonds is 13. The van der Waals surface area contributed by atoms with E-state index >= 15 is 0 Å². The molecule has 1 atom stereocenters. The van der Waals surface area contributed by atoms with Gasteiger partial charge >= 0.3 is 0 Å². The number of hydrogen-bond donors (Lipinski definition) is 2. The Kier molecular flexibility index (Phi) is 11.8. The molecule has 3 fully saturated rings. The molecule has 2 N–H and O–H groups in total. The van der Waals surface area contributed by atoms with Crippen molar-refractivity contribution in [3.8, 4) is 0 Å². The van der Waals surface area contributed by atoms with E-state index in [9.17, 15) is 19.2 Å². The smallest absolute Gasteiger partial charge is 0.225 e. The molecule has 0 unspecified atom stereocenters. The van der Waals surface area contributed by atoms with Gasteiger partial charge in [0.15, 0.2) is 0 Å². The molecule has 2 saturated carbocycles. The van der Waals surface area contributed by atoms with Gasteiger partial charge in [0, 0.05) is 57.5 Å². The van der Waals surface area contributed by atoms with Crippen molar-refractivity contribution in [3.63, 3.8) is 0 Å². The topological polar surface area (TPSA) is 114 Å². The number of ether oxygens (including phenoxy) is 2. The van der Waals surface area contributed by atoms with Crippen LogP contribution in [-0.2, 0) is 28.7 Å². The Balaban J connectivity index is 1.16. The average Bonchev–Trinajstić information content (AvgIpc) is 3.23. The van der Waals surface area contributed by atoms with Crippen molar-refractivity contribution in [1.82, 2.24) is 15.5 Å². The van der Waals surface area contributed by atoms with E-state index in [2.05, 4.69) is 10.6 Å². The first-order valence-electron chi connectivity index (χ1n) is 14.3. The Bertz CT molecular complexity index is 772. The Labute approximate surface area is 221 Å². The van der Waals surface area contributed by atoms with Crippen LogP contribution in [0.4, 0.5) is 0 Å². The van der Waals surface area contributed by atoms with E-state index in [1.807, 2.05) is 13.8 Å². The summed E-state index contributed by atoms with van der Waals surface area (Å²) in [4.78, 5) is 49.8. The maximum atomic E-state index is 12.3. The van der Waals surface area contributed by atoms with E-state index in [4.69, 9.17) is 9.47 Å². The second-order valence-electron chi connectivity index (χ2n) is 11.4. The average molecular weight is 522 g/mol. The van der Waals surface area contributed by atoms with Gasteiger partial charge in [0.25, 0.3) is 0 Å². The van der Waals surface area contributed by atoms with Gasteiger partial charge in [-0.3, -0.25) is 19.2 Å². The van der Waals surface area contributed by atoms with Gasteiger partial charge in [0.1, 0.15) is 5.78 Å². The second kappa shape index (κ2) is 14.8. The van der Waals surface area contributed by atoms with E-state index in [0.717, 1.165) is 51.4 Å². The predicted molar refractivity (Wildman–Crippen MR) is 140 cm³/mol. The summed E-state index contributed by atoms with van der Waals surface area (Å²) in [6.45, 7) is 5.94. The highest BCUT2D eigenvalue weighted by Gasteiger charge is 2.32. The van der Waals surface area contributed by atoms with Crippen LogP contribution in [0.25, 0.3) is 0 Å². The maximum Gasteiger partial charge on any atom is 0.225 e. The quantitative estimate of drug-likeness (QED) is 0.360. The zero-order valence-electron chi connectivity index (χ0n) is 23.0. The predicted octanol–water partition coefficient (Wildman–Crippen LogP) is 2.61. The highest BCUT2D eigenvalue weighted by molar-refractivity contribution is 5.89. The number of carbonyl (C=O) groups is 4. The van der Waals surface area contributed by atoms with E-state index in [1.165, 1.54) is 0 Å². The van der Waals surface area contributed by atoms with Crippen molar-refractivity contribution in [1.29, 1.82) is 0 Å². The normalized spacial score (nSPS) is 28.4. The van der Waals surface area contributed by atoms with Crippen molar-refractivity contribution in [2.24, 2.45) is 17.8 Å². The Morgan fingerprint density at radius 3 is 2.11 bits per heavy atom. The zero-order chi connectivity index (χ0) is 26.8. The number of nitrogens with zero attached hydrogens (tertiary/aromatic N) is 1. The molecule has 0 aromatic heterocycles. The first-order chi connectivity index (χ1) is 17.7. The number of likely N-dealkylation sites (tertiary alicyclic amines) is 1. The van der Waals surface area contributed by atoms with Crippen LogP contribution >= 0.6 is 0 Å². The number of amides is 3. The van der Waals surface area contributed by atoms with Gasteiger partial charge in [-0.25, -0.2) is 0 Å². The van der Waals surface area contributed by atoms with Crippen molar-refractivity contribution in [3.05, 3.63) is 0 Å². The van der Waals surface area contributed by atoms with Crippen molar-refractivity contribution >= 4 is 23.5 Å². The third-order valence-electron chi connectivity index (χ3n) is 8.05. The molecule has 0 bridgehead atoms. The molecule has 3 aliphatic rings. The summed E-state index contributed by atoms with van der Waals surface area (Å²) in [6.07, 6.45) is 9.18. The lowest BCUT2D eigenvalue weighted by atomic mass is 9.80. The van der Waals surface area contributed by atoms with Crippen molar-refractivity contribution in [2.45, 2.75) is 103 Å². The van der Waals surface area contributed by atoms with Crippen LogP contribution in [0, 0.1) is 17.8 Å². The van der Waals surface area contributed by atoms with Crippen LogP contribution in [0.15, 0.2) is 0 Å². The van der Waals surface area contributed by atoms with Gasteiger partial charge in [-0.2, -0.15) is 0 Å². The molecule has 9 heteroatoms. The summed E-state index contributed by atoms with van der Waals surface area (Å²) < 4.78 is 11.9. The minimum absolute atomic E-state index is 0.0212. The molecule has 3 amide bonds. The number of carbonyl (C=O) groups excluding carboxylic acids is 4. The highest BCUT2D eigenvalue weighted by atomic mass is 16.5. The summed E-state index contributed by atoms with van der Waals surface area (Å²) in [6, 6.07) is 0.196. The van der Waals surface area contributed by atoms with Crippen LogP contribution in [0.3, 0.4) is 0 Å². The Morgan fingerprint density at radius 2 is 1.54 bits per heavy atom. The fourth-order valence-electron chi connectivity index (χ4n) is 5.73. The van der Waals surface area contributed by atoms with Crippen molar-refractivity contribution in [2.75, 3.05) is 33.4 Å². The monoisotopic (exact) mass is 521 g/mol. The van der Waals surface area contributed by atoms with Crippen LogP contribution < -0.4 is 10.6 Å². The number of hydrogen-bond acceptors (Lipinski definition) is 6. The molecule has 3 rings (SSSR count). The fourth-order valence-corrected chi connectivity index (χ4v) is 5.73. The first-order valence-corrected chi connectivity index (χ1v) is 14.3. The lowest BCUT2D eigenvalue weighted by Gasteiger charge is -2.29. The SMILES string of the molecule is CC(C)C(=O)C1CCC(NC(=O)CCCOC2CCC(OCCNC(=O)[C@H]3CC(=O)N(C)C3)CC2)CC1. The highest BCUT2D eigenvalue weighted by Crippen LogP contribution is 2.27. The molecule has 0 radical (unpaired) electrons. The number of Topliss-reactive ketones (excluding diaryl/α,β-unsaturated/α-hetero) is 1. The zero-order valence-corrected chi connectivity index (χ0v) is 23.0. The molecule has 0 aromatic carbocycles. The molecule has 210 valence electrons. The van der Waals surface area contributed by atoms with Crippen LogP contribution in [-0.4, -0.2) is 80.0 Å².